The molecule has 0 radical (unpaired) electrons. The van der Waals surface area contributed by atoms with Crippen LogP contribution in [0.5, 0.6) is 0 Å². The van der Waals surface area contributed by atoms with Crippen LogP contribution in [0.15, 0.2) is 0 Å². The average Bonchev–Trinajstić information content (AvgIpc) is 2.71. The zero-order valence-corrected chi connectivity index (χ0v) is 10.1. The lowest BCUT2D eigenvalue weighted by Gasteiger charge is -2.16. The van der Waals surface area contributed by atoms with Crippen LogP contribution in [0.1, 0.15) is 25.0 Å². The van der Waals surface area contributed by atoms with E-state index in [1.54, 1.807) is 6.92 Å². The molecule has 1 fully saturated rings. The van der Waals surface area contributed by atoms with Gasteiger partial charge < -0.3 is 5.11 Å². The Kier molecular flexibility index (Phi) is 2.69. The third kappa shape index (κ3) is 2.46. The predicted molar refractivity (Wildman–Crippen MR) is 58.3 cm³/mol. The van der Waals surface area contributed by atoms with Gasteiger partial charge in [0.1, 0.15) is 12.2 Å². The fourth-order valence-corrected chi connectivity index (χ4v) is 4.12. The van der Waals surface area contributed by atoms with Crippen molar-refractivity contribution in [2.45, 2.75) is 25.2 Å². The van der Waals surface area contributed by atoms with E-state index in [9.17, 15) is 13.2 Å². The molecule has 1 atom stereocenters. The molecule has 1 aromatic heterocycles. The van der Waals surface area contributed by atoms with Gasteiger partial charge in [-0.1, -0.05) is 6.92 Å². The van der Waals surface area contributed by atoms with E-state index >= 15 is 0 Å². The van der Waals surface area contributed by atoms with E-state index in [1.807, 2.05) is 0 Å². The number of aliphatic carboxylic acids is 1. The Balaban J connectivity index is 2.23. The zero-order chi connectivity index (χ0) is 12.7. The summed E-state index contributed by atoms with van der Waals surface area (Å²) in [7, 11) is -3.03. The fraction of sp³-hybridized carbons (Fsp3) is 0.667. The van der Waals surface area contributed by atoms with Crippen LogP contribution in [0, 0.1) is 0 Å². The summed E-state index contributed by atoms with van der Waals surface area (Å²) in [5, 5.41) is 15.1. The second kappa shape index (κ2) is 3.80. The van der Waals surface area contributed by atoms with Crippen LogP contribution >= 0.6 is 0 Å². The molecule has 0 spiro atoms. The number of carbonyl (C=O) groups is 1. The molecule has 17 heavy (non-hydrogen) atoms. The smallest absolute Gasteiger partial charge is 0.311 e. The first-order valence-corrected chi connectivity index (χ1v) is 6.97. The van der Waals surface area contributed by atoms with Gasteiger partial charge in [-0.2, -0.15) is 5.10 Å². The summed E-state index contributed by atoms with van der Waals surface area (Å²) in [5.41, 5.74) is -0.605. The third-order valence-electron chi connectivity index (χ3n) is 2.89. The van der Waals surface area contributed by atoms with Crippen molar-refractivity contribution in [3.63, 3.8) is 0 Å². The van der Waals surface area contributed by atoms with E-state index in [1.165, 1.54) is 0 Å². The molecule has 0 saturated carbocycles. The largest absolute Gasteiger partial charge is 0.481 e. The minimum absolute atomic E-state index is 0.0182. The number of nitrogens with one attached hydrogen (secondary N) is 1. The number of hydrogen-bond donors (Lipinski definition) is 2. The molecule has 0 amide bonds. The Hall–Kier alpha value is -1.44. The number of aromatic amines is 1. The molecule has 0 aliphatic carbocycles. The second-order valence-corrected chi connectivity index (χ2v) is 6.76. The molecule has 1 aliphatic rings. The summed E-state index contributed by atoms with van der Waals surface area (Å²) < 4.78 is 22.9. The molecule has 2 heterocycles. The Morgan fingerprint density at radius 2 is 2.29 bits per heavy atom. The van der Waals surface area contributed by atoms with E-state index in [0.717, 1.165) is 0 Å². The van der Waals surface area contributed by atoms with Crippen LogP contribution in [-0.4, -0.2) is 46.2 Å². The summed E-state index contributed by atoms with van der Waals surface area (Å²) in [6, 6.07) is 0. The van der Waals surface area contributed by atoms with Gasteiger partial charge in [0.2, 0.25) is 0 Å². The number of carboxylic acid groups (broad SMARTS) is 1. The summed E-state index contributed by atoms with van der Waals surface area (Å²) in [6.45, 7) is 1.78. The van der Waals surface area contributed by atoms with Crippen molar-refractivity contribution in [3.8, 4) is 0 Å². The normalized spacial score (nSPS) is 27.1. The van der Waals surface area contributed by atoms with Crippen LogP contribution in [-0.2, 0) is 26.5 Å². The highest BCUT2D eigenvalue weighted by molar-refractivity contribution is 7.91. The van der Waals surface area contributed by atoms with Gasteiger partial charge in [-0.25, -0.2) is 13.4 Å². The van der Waals surface area contributed by atoms with Crippen LogP contribution in [0.2, 0.25) is 0 Å². The molecule has 1 aliphatic heterocycles. The van der Waals surface area contributed by atoms with Gasteiger partial charge in [0, 0.05) is 5.41 Å². The van der Waals surface area contributed by atoms with Crippen LogP contribution < -0.4 is 0 Å². The van der Waals surface area contributed by atoms with Crippen LogP contribution in [0.25, 0.3) is 0 Å². The average molecular weight is 259 g/mol. The van der Waals surface area contributed by atoms with Gasteiger partial charge in [0.05, 0.1) is 11.5 Å². The van der Waals surface area contributed by atoms with Crippen molar-refractivity contribution < 1.29 is 18.3 Å². The van der Waals surface area contributed by atoms with Crippen molar-refractivity contribution in [1.82, 2.24) is 15.2 Å². The number of nitrogens with zero attached hydrogens (tertiary/aromatic N) is 2. The lowest BCUT2D eigenvalue weighted by molar-refractivity contribution is -0.136. The van der Waals surface area contributed by atoms with E-state index in [2.05, 4.69) is 15.2 Å². The van der Waals surface area contributed by atoms with Crippen molar-refractivity contribution in [2.24, 2.45) is 0 Å². The first-order valence-electron chi connectivity index (χ1n) is 5.15. The molecule has 1 aromatic rings. The lowest BCUT2D eigenvalue weighted by atomic mass is 9.89. The van der Waals surface area contributed by atoms with E-state index in [0.29, 0.717) is 12.2 Å². The van der Waals surface area contributed by atoms with Crippen LogP contribution in [0.3, 0.4) is 0 Å². The lowest BCUT2D eigenvalue weighted by Crippen LogP contribution is -2.25. The van der Waals surface area contributed by atoms with Crippen molar-refractivity contribution >= 4 is 15.8 Å². The number of sulfone groups is 1. The Bertz CT molecular complexity index is 550. The summed E-state index contributed by atoms with van der Waals surface area (Å²) in [5.74, 6) is -0.221. The van der Waals surface area contributed by atoms with E-state index in [-0.39, 0.29) is 23.8 Å². The van der Waals surface area contributed by atoms with Crippen molar-refractivity contribution in [2.75, 3.05) is 11.5 Å². The molecule has 94 valence electrons. The van der Waals surface area contributed by atoms with E-state index in [4.69, 9.17) is 5.11 Å². The minimum atomic E-state index is -3.03. The van der Waals surface area contributed by atoms with E-state index < -0.39 is 21.2 Å². The highest BCUT2D eigenvalue weighted by Gasteiger charge is 2.42. The number of H-pyrrole nitrogens is 1. The van der Waals surface area contributed by atoms with Crippen molar-refractivity contribution in [1.29, 1.82) is 0 Å². The number of hydrogen-bond acceptors (Lipinski definition) is 5. The maximum absolute atomic E-state index is 11.4. The molecular weight excluding hydrogens is 246 g/mol. The highest BCUT2D eigenvalue weighted by Crippen LogP contribution is 2.33. The van der Waals surface area contributed by atoms with Gasteiger partial charge in [0.15, 0.2) is 15.7 Å². The zero-order valence-electron chi connectivity index (χ0n) is 9.30. The first kappa shape index (κ1) is 12.0. The number of aromatic nitrogens is 3. The van der Waals surface area contributed by atoms with Gasteiger partial charge in [-0.15, -0.1) is 0 Å². The van der Waals surface area contributed by atoms with Gasteiger partial charge in [-0.3, -0.25) is 9.89 Å². The molecule has 0 aromatic carbocycles. The topological polar surface area (TPSA) is 113 Å². The third-order valence-corrected chi connectivity index (χ3v) is 4.80. The Labute approximate surface area is 98.2 Å². The molecule has 1 unspecified atom stereocenters. The summed E-state index contributed by atoms with van der Waals surface area (Å²) in [6.07, 6.45) is 0.232. The fourth-order valence-electron chi connectivity index (χ4n) is 1.97. The number of carboxylic acids is 1. The maximum atomic E-state index is 11.4. The quantitative estimate of drug-likeness (QED) is 0.757. The monoisotopic (exact) mass is 259 g/mol. The van der Waals surface area contributed by atoms with Gasteiger partial charge in [-0.05, 0) is 6.42 Å². The first-order chi connectivity index (χ1) is 7.81. The predicted octanol–water partition coefficient (Wildman–Crippen LogP) is -0.492. The SMILES string of the molecule is CC1(c2n[nH]c(CC(=O)O)n2)CCS(=O)(=O)C1. The maximum Gasteiger partial charge on any atom is 0.311 e. The minimum Gasteiger partial charge on any atom is -0.481 e. The number of rotatable bonds is 3. The molecule has 8 heteroatoms. The molecular formula is C9H13N3O4S. The molecule has 0 bridgehead atoms. The molecule has 7 nitrogen and oxygen atoms in total. The second-order valence-electron chi connectivity index (χ2n) is 4.58. The Morgan fingerprint density at radius 1 is 1.59 bits per heavy atom. The van der Waals surface area contributed by atoms with Gasteiger partial charge >= 0.3 is 5.97 Å². The highest BCUT2D eigenvalue weighted by atomic mass is 32.2. The molecule has 2 N–H and O–H groups in total. The van der Waals surface area contributed by atoms with Crippen LogP contribution in [0.4, 0.5) is 0 Å². The van der Waals surface area contributed by atoms with Crippen molar-refractivity contribution in [3.05, 3.63) is 11.6 Å². The standard InChI is InChI=1S/C9H13N3O4S/c1-9(2-3-17(15,16)5-9)8-10-6(11-12-8)4-7(13)14/h2-5H2,1H3,(H,13,14)(H,10,11,12). The summed E-state index contributed by atoms with van der Waals surface area (Å²) in [4.78, 5) is 14.6. The summed E-state index contributed by atoms with van der Waals surface area (Å²) >= 11 is 0. The molecule has 1 saturated heterocycles. The van der Waals surface area contributed by atoms with Gasteiger partial charge in [0.25, 0.3) is 0 Å². The Morgan fingerprint density at radius 3 is 2.82 bits per heavy atom. The molecule has 2 rings (SSSR count).